The molecule has 0 saturated heterocycles. The minimum Gasteiger partial charge on any atom is -0.453 e. The molecule has 2 unspecified atom stereocenters. The van der Waals surface area contributed by atoms with Crippen LogP contribution in [0.3, 0.4) is 0 Å². The monoisotopic (exact) mass is 491 g/mol. The van der Waals surface area contributed by atoms with Crippen molar-refractivity contribution in [1.29, 1.82) is 0 Å². The van der Waals surface area contributed by atoms with Gasteiger partial charge in [-0.3, -0.25) is 4.79 Å². The van der Waals surface area contributed by atoms with Gasteiger partial charge in [0.25, 0.3) is 5.91 Å². The highest BCUT2D eigenvalue weighted by molar-refractivity contribution is 6.30. The number of carbonyl (C=O) groups excluding carboxylic acids is 1. The van der Waals surface area contributed by atoms with Crippen LogP contribution in [-0.2, 0) is 17.1 Å². The van der Waals surface area contributed by atoms with Crippen LogP contribution in [0.5, 0.6) is 5.75 Å². The standard InChI is InChI=1S/C30H22ClN3O2/c31-22-16-14-21(15-17-22)25-18-27-23-10-4-7-13-28(23)36-30(34(27)32-25)24-11-5-6-12-26(24)33(29(30)35)19-20-8-2-1-3-9-20/h1-17,27H,18-19H2. The van der Waals surface area contributed by atoms with Crippen LogP contribution < -0.4 is 9.64 Å². The molecule has 176 valence electrons. The summed E-state index contributed by atoms with van der Waals surface area (Å²) in [6.07, 6.45) is 0.665. The lowest BCUT2D eigenvalue weighted by Gasteiger charge is -2.44. The summed E-state index contributed by atoms with van der Waals surface area (Å²) in [6.45, 7) is 0.454. The first-order chi connectivity index (χ1) is 17.6. The minimum absolute atomic E-state index is 0.130. The first-order valence-electron chi connectivity index (χ1n) is 12.0. The molecular formula is C30H22ClN3O2. The molecule has 3 aliphatic heterocycles. The first-order valence-corrected chi connectivity index (χ1v) is 12.4. The zero-order valence-electron chi connectivity index (χ0n) is 19.3. The lowest BCUT2D eigenvalue weighted by molar-refractivity contribution is -0.164. The Balaban J connectivity index is 1.40. The van der Waals surface area contributed by atoms with Gasteiger partial charge in [0.2, 0.25) is 0 Å². The number of hydrogen-bond acceptors (Lipinski definition) is 4. The molecule has 2 atom stereocenters. The van der Waals surface area contributed by atoms with Crippen LogP contribution in [0.4, 0.5) is 5.69 Å². The largest absolute Gasteiger partial charge is 0.453 e. The average Bonchev–Trinajstić information content (AvgIpc) is 3.46. The number of hydrogen-bond donors (Lipinski definition) is 0. The molecule has 0 fully saturated rings. The third-order valence-electron chi connectivity index (χ3n) is 7.22. The number of anilines is 1. The molecule has 3 aliphatic rings. The Morgan fingerprint density at radius 2 is 1.61 bits per heavy atom. The number of halogens is 1. The number of rotatable bonds is 3. The molecular weight excluding hydrogens is 470 g/mol. The van der Waals surface area contributed by atoms with E-state index in [-0.39, 0.29) is 11.9 Å². The fraction of sp³-hybridized carbons (Fsp3) is 0.133. The molecule has 0 aliphatic carbocycles. The summed E-state index contributed by atoms with van der Waals surface area (Å²) in [7, 11) is 0. The van der Waals surface area contributed by atoms with Crippen molar-refractivity contribution in [3.05, 3.63) is 130 Å². The summed E-state index contributed by atoms with van der Waals surface area (Å²) in [6, 6.07) is 33.5. The van der Waals surface area contributed by atoms with Gasteiger partial charge in [0, 0.05) is 17.0 Å². The van der Waals surface area contributed by atoms with Crippen LogP contribution in [-0.4, -0.2) is 16.6 Å². The number of para-hydroxylation sites is 2. The van der Waals surface area contributed by atoms with Crippen molar-refractivity contribution in [3.63, 3.8) is 0 Å². The van der Waals surface area contributed by atoms with Crippen molar-refractivity contribution < 1.29 is 9.53 Å². The van der Waals surface area contributed by atoms with Crippen molar-refractivity contribution in [2.24, 2.45) is 5.10 Å². The zero-order chi connectivity index (χ0) is 24.3. The molecule has 5 nitrogen and oxygen atoms in total. The number of hydrazone groups is 1. The maximum Gasteiger partial charge on any atom is 0.306 e. The predicted molar refractivity (Wildman–Crippen MR) is 140 cm³/mol. The Morgan fingerprint density at radius 3 is 2.44 bits per heavy atom. The van der Waals surface area contributed by atoms with E-state index in [9.17, 15) is 4.79 Å². The van der Waals surface area contributed by atoms with Gasteiger partial charge in [-0.15, -0.1) is 0 Å². The molecule has 0 N–H and O–H groups in total. The number of nitrogens with zero attached hydrogens (tertiary/aromatic N) is 3. The van der Waals surface area contributed by atoms with E-state index in [0.717, 1.165) is 39.4 Å². The molecule has 1 amide bonds. The fourth-order valence-electron chi connectivity index (χ4n) is 5.56. The maximum atomic E-state index is 14.5. The normalized spacial score (nSPS) is 21.6. The molecule has 4 aromatic carbocycles. The van der Waals surface area contributed by atoms with Gasteiger partial charge >= 0.3 is 5.72 Å². The quantitative estimate of drug-likeness (QED) is 0.338. The van der Waals surface area contributed by atoms with E-state index in [1.165, 1.54) is 0 Å². The van der Waals surface area contributed by atoms with E-state index in [0.29, 0.717) is 18.0 Å². The summed E-state index contributed by atoms with van der Waals surface area (Å²) in [4.78, 5) is 16.3. The Hall–Kier alpha value is -4.09. The van der Waals surface area contributed by atoms with Gasteiger partial charge < -0.3 is 9.64 Å². The molecule has 1 spiro atoms. The fourth-order valence-corrected chi connectivity index (χ4v) is 5.69. The smallest absolute Gasteiger partial charge is 0.306 e. The van der Waals surface area contributed by atoms with Crippen LogP contribution in [0.1, 0.15) is 34.7 Å². The highest BCUT2D eigenvalue weighted by Gasteiger charge is 2.63. The SMILES string of the molecule is O=C1N(Cc2ccccc2)c2ccccc2C12Oc1ccccc1C1CC(c3ccc(Cl)cc3)=NN12. The highest BCUT2D eigenvalue weighted by Crippen LogP contribution is 2.55. The van der Waals surface area contributed by atoms with Gasteiger partial charge in [-0.2, -0.15) is 5.10 Å². The molecule has 3 heterocycles. The first kappa shape index (κ1) is 21.2. The lowest BCUT2D eigenvalue weighted by Crippen LogP contribution is -2.57. The number of carbonyl (C=O) groups is 1. The summed E-state index contributed by atoms with van der Waals surface area (Å²) in [5, 5.41) is 7.64. The number of benzene rings is 4. The van der Waals surface area contributed by atoms with Crippen molar-refractivity contribution in [3.8, 4) is 5.75 Å². The summed E-state index contributed by atoms with van der Waals surface area (Å²) >= 11 is 6.14. The van der Waals surface area contributed by atoms with Gasteiger partial charge in [0.1, 0.15) is 5.75 Å². The molecule has 6 heteroatoms. The molecule has 0 saturated carbocycles. The van der Waals surface area contributed by atoms with Crippen LogP contribution >= 0.6 is 11.6 Å². The Bertz CT molecular complexity index is 1520. The van der Waals surface area contributed by atoms with Gasteiger partial charge in [-0.1, -0.05) is 90.5 Å². The van der Waals surface area contributed by atoms with Crippen LogP contribution in [0.2, 0.25) is 5.02 Å². The van der Waals surface area contributed by atoms with Gasteiger partial charge in [-0.05, 0) is 35.4 Å². The Morgan fingerprint density at radius 1 is 0.889 bits per heavy atom. The van der Waals surface area contributed by atoms with Crippen LogP contribution in [0.15, 0.2) is 108 Å². The Kier molecular flexibility index (Phi) is 4.70. The minimum atomic E-state index is -1.38. The average molecular weight is 492 g/mol. The molecule has 0 bridgehead atoms. The van der Waals surface area contributed by atoms with Crippen molar-refractivity contribution >= 4 is 28.9 Å². The van der Waals surface area contributed by atoms with E-state index < -0.39 is 5.72 Å². The lowest BCUT2D eigenvalue weighted by atomic mass is 9.92. The number of fused-ring (bicyclic) bond motifs is 6. The summed E-state index contributed by atoms with van der Waals surface area (Å²) < 4.78 is 6.71. The predicted octanol–water partition coefficient (Wildman–Crippen LogP) is 6.28. The van der Waals surface area contributed by atoms with Crippen LogP contribution in [0.25, 0.3) is 0 Å². The molecule has 36 heavy (non-hydrogen) atoms. The van der Waals surface area contributed by atoms with E-state index >= 15 is 0 Å². The molecule has 7 rings (SSSR count). The topological polar surface area (TPSA) is 45.1 Å². The molecule has 0 aromatic heterocycles. The second-order valence-corrected chi connectivity index (χ2v) is 9.73. The van der Waals surface area contributed by atoms with E-state index in [1.807, 2.05) is 107 Å². The van der Waals surface area contributed by atoms with Crippen molar-refractivity contribution in [2.45, 2.75) is 24.7 Å². The molecule has 4 aromatic rings. The van der Waals surface area contributed by atoms with Crippen LogP contribution in [0, 0.1) is 0 Å². The van der Waals surface area contributed by atoms with E-state index in [4.69, 9.17) is 21.4 Å². The Labute approximate surface area is 214 Å². The van der Waals surface area contributed by atoms with E-state index in [2.05, 4.69) is 6.07 Å². The van der Waals surface area contributed by atoms with E-state index in [1.54, 1.807) is 0 Å². The second-order valence-electron chi connectivity index (χ2n) is 9.30. The van der Waals surface area contributed by atoms with Gasteiger partial charge in [-0.25, -0.2) is 5.01 Å². The maximum absolute atomic E-state index is 14.5. The van der Waals surface area contributed by atoms with Gasteiger partial charge in [0.05, 0.1) is 29.5 Å². The zero-order valence-corrected chi connectivity index (χ0v) is 20.1. The second kappa shape index (κ2) is 7.97. The highest BCUT2D eigenvalue weighted by atomic mass is 35.5. The summed E-state index contributed by atoms with van der Waals surface area (Å²) in [5.41, 5.74) is 4.26. The van der Waals surface area contributed by atoms with Crippen molar-refractivity contribution in [2.75, 3.05) is 4.90 Å². The third kappa shape index (κ3) is 3.02. The van der Waals surface area contributed by atoms with Crippen molar-refractivity contribution in [1.82, 2.24) is 5.01 Å². The van der Waals surface area contributed by atoms with Gasteiger partial charge in [0.15, 0.2) is 0 Å². The number of amides is 1. The molecule has 0 radical (unpaired) electrons. The summed E-state index contributed by atoms with van der Waals surface area (Å²) in [5.74, 6) is 0.587. The third-order valence-corrected chi connectivity index (χ3v) is 7.48. The number of ether oxygens (including phenoxy) is 1.